The third-order valence-electron chi connectivity index (χ3n) is 3.95. The highest BCUT2D eigenvalue weighted by molar-refractivity contribution is 5.91. The van der Waals surface area contributed by atoms with E-state index in [2.05, 4.69) is 4.90 Å². The van der Waals surface area contributed by atoms with Gasteiger partial charge in [-0.05, 0) is 24.3 Å². The zero-order valence-corrected chi connectivity index (χ0v) is 13.1. The fourth-order valence-electron chi connectivity index (χ4n) is 2.75. The molecule has 2 heterocycles. The summed E-state index contributed by atoms with van der Waals surface area (Å²) in [5.74, 6) is 1.14. The summed E-state index contributed by atoms with van der Waals surface area (Å²) < 4.78 is 10.5. The normalized spacial score (nSPS) is 15.0. The summed E-state index contributed by atoms with van der Waals surface area (Å²) in [6, 6.07) is 10.7. The van der Waals surface area contributed by atoms with E-state index in [1.807, 2.05) is 12.1 Å². The summed E-state index contributed by atoms with van der Waals surface area (Å²) in [4.78, 5) is 16.3. The predicted octanol–water partition coefficient (Wildman–Crippen LogP) is 2.09. The zero-order valence-electron chi connectivity index (χ0n) is 13.1. The summed E-state index contributed by atoms with van der Waals surface area (Å²) in [5.41, 5.74) is 0.806. The molecule has 0 bridgehead atoms. The monoisotopic (exact) mass is 316 g/mol. The minimum absolute atomic E-state index is 0.107. The van der Waals surface area contributed by atoms with E-state index in [0.29, 0.717) is 44.3 Å². The van der Waals surface area contributed by atoms with Gasteiger partial charge >= 0.3 is 0 Å². The molecule has 1 fully saturated rings. The van der Waals surface area contributed by atoms with Crippen LogP contribution in [0.2, 0.25) is 0 Å². The quantitative estimate of drug-likeness (QED) is 0.935. The van der Waals surface area contributed by atoms with Crippen molar-refractivity contribution in [1.29, 1.82) is 0 Å². The molecule has 3 rings (SSSR count). The molecule has 1 aliphatic heterocycles. The van der Waals surface area contributed by atoms with Gasteiger partial charge in [0.2, 0.25) is 0 Å². The molecule has 1 N–H and O–H groups in total. The van der Waals surface area contributed by atoms with Crippen LogP contribution >= 0.6 is 0 Å². The van der Waals surface area contributed by atoms with Crippen molar-refractivity contribution in [3.05, 3.63) is 47.9 Å². The molecule has 1 saturated heterocycles. The van der Waals surface area contributed by atoms with Crippen LogP contribution in [0.25, 0.3) is 0 Å². The van der Waals surface area contributed by atoms with Crippen LogP contribution in [0.1, 0.15) is 16.3 Å². The number of methoxy groups -OCH3 is 1. The van der Waals surface area contributed by atoms with Gasteiger partial charge < -0.3 is 24.1 Å². The number of ether oxygens (including phenoxy) is 1. The number of hydrogen-bond donors (Lipinski definition) is 1. The SMILES string of the molecule is COCc1ccc(C(=O)N2CCN(c3ccccc3O)CC2)o1. The number of amides is 1. The van der Waals surface area contributed by atoms with Crippen molar-refractivity contribution in [2.24, 2.45) is 0 Å². The molecule has 0 atom stereocenters. The van der Waals surface area contributed by atoms with E-state index in [4.69, 9.17) is 9.15 Å². The molecule has 6 heteroatoms. The number of rotatable bonds is 4. The molecule has 1 aromatic heterocycles. The lowest BCUT2D eigenvalue weighted by Crippen LogP contribution is -2.48. The molecule has 23 heavy (non-hydrogen) atoms. The predicted molar refractivity (Wildman–Crippen MR) is 85.6 cm³/mol. The number of anilines is 1. The largest absolute Gasteiger partial charge is 0.506 e. The number of hydrogen-bond acceptors (Lipinski definition) is 5. The van der Waals surface area contributed by atoms with Gasteiger partial charge in [-0.3, -0.25) is 4.79 Å². The van der Waals surface area contributed by atoms with E-state index in [1.54, 1.807) is 36.3 Å². The van der Waals surface area contributed by atoms with Crippen molar-refractivity contribution in [2.45, 2.75) is 6.61 Å². The number of furan rings is 1. The van der Waals surface area contributed by atoms with Gasteiger partial charge in [-0.25, -0.2) is 0 Å². The van der Waals surface area contributed by atoms with Gasteiger partial charge in [-0.15, -0.1) is 0 Å². The van der Waals surface area contributed by atoms with Crippen molar-refractivity contribution in [1.82, 2.24) is 4.90 Å². The van der Waals surface area contributed by atoms with Gasteiger partial charge in [0.05, 0.1) is 5.69 Å². The number of phenols is 1. The van der Waals surface area contributed by atoms with Crippen LogP contribution in [0.15, 0.2) is 40.8 Å². The maximum absolute atomic E-state index is 12.5. The number of phenolic OH excluding ortho intramolecular Hbond substituents is 1. The Kier molecular flexibility index (Phi) is 4.52. The number of piperazine rings is 1. The van der Waals surface area contributed by atoms with E-state index >= 15 is 0 Å². The van der Waals surface area contributed by atoms with Crippen LogP contribution in [-0.4, -0.2) is 49.2 Å². The van der Waals surface area contributed by atoms with Crippen molar-refractivity contribution in [3.63, 3.8) is 0 Å². The minimum Gasteiger partial charge on any atom is -0.506 e. The van der Waals surface area contributed by atoms with Crippen LogP contribution in [-0.2, 0) is 11.3 Å². The fraction of sp³-hybridized carbons (Fsp3) is 0.353. The van der Waals surface area contributed by atoms with Gasteiger partial charge in [0.1, 0.15) is 18.1 Å². The van der Waals surface area contributed by atoms with Gasteiger partial charge in [0.25, 0.3) is 5.91 Å². The third-order valence-corrected chi connectivity index (χ3v) is 3.95. The number of carbonyl (C=O) groups excluding carboxylic acids is 1. The molecular weight excluding hydrogens is 296 g/mol. The topological polar surface area (TPSA) is 66.2 Å². The van der Waals surface area contributed by atoms with E-state index in [9.17, 15) is 9.90 Å². The highest BCUT2D eigenvalue weighted by atomic mass is 16.5. The second kappa shape index (κ2) is 6.75. The van der Waals surface area contributed by atoms with Crippen LogP contribution in [0, 0.1) is 0 Å². The van der Waals surface area contributed by atoms with E-state index in [0.717, 1.165) is 5.69 Å². The summed E-state index contributed by atoms with van der Waals surface area (Å²) in [6.07, 6.45) is 0. The molecule has 0 aliphatic carbocycles. The fourth-order valence-corrected chi connectivity index (χ4v) is 2.75. The van der Waals surface area contributed by atoms with Crippen molar-refractivity contribution in [2.75, 3.05) is 38.2 Å². The molecule has 1 amide bonds. The molecule has 0 unspecified atom stereocenters. The summed E-state index contributed by atoms with van der Waals surface area (Å²) in [6.45, 7) is 2.89. The second-order valence-electron chi connectivity index (χ2n) is 5.47. The van der Waals surface area contributed by atoms with Crippen molar-refractivity contribution in [3.8, 4) is 5.75 Å². The van der Waals surface area contributed by atoms with Crippen molar-refractivity contribution >= 4 is 11.6 Å². The van der Waals surface area contributed by atoms with Crippen LogP contribution in [0.3, 0.4) is 0 Å². The summed E-state index contributed by atoms with van der Waals surface area (Å²) in [7, 11) is 1.59. The minimum atomic E-state index is -0.107. The summed E-state index contributed by atoms with van der Waals surface area (Å²) >= 11 is 0. The highest BCUT2D eigenvalue weighted by Gasteiger charge is 2.25. The van der Waals surface area contributed by atoms with Gasteiger partial charge in [-0.2, -0.15) is 0 Å². The number of para-hydroxylation sites is 2. The molecule has 6 nitrogen and oxygen atoms in total. The van der Waals surface area contributed by atoms with Gasteiger partial charge in [0.15, 0.2) is 5.76 Å². The van der Waals surface area contributed by atoms with E-state index in [-0.39, 0.29) is 11.7 Å². The number of carbonyl (C=O) groups is 1. The first-order chi connectivity index (χ1) is 11.2. The first-order valence-electron chi connectivity index (χ1n) is 7.59. The summed E-state index contributed by atoms with van der Waals surface area (Å²) in [5, 5.41) is 9.92. The Labute approximate surface area is 134 Å². The lowest BCUT2D eigenvalue weighted by Gasteiger charge is -2.35. The van der Waals surface area contributed by atoms with E-state index in [1.165, 1.54) is 0 Å². The van der Waals surface area contributed by atoms with Gasteiger partial charge in [-0.1, -0.05) is 12.1 Å². The van der Waals surface area contributed by atoms with Gasteiger partial charge in [0, 0.05) is 33.3 Å². The van der Waals surface area contributed by atoms with Crippen molar-refractivity contribution < 1.29 is 19.1 Å². The highest BCUT2D eigenvalue weighted by Crippen LogP contribution is 2.27. The average Bonchev–Trinajstić information content (AvgIpc) is 3.04. The average molecular weight is 316 g/mol. The lowest BCUT2D eigenvalue weighted by atomic mass is 10.2. The zero-order chi connectivity index (χ0) is 16.2. The number of aromatic hydroxyl groups is 1. The standard InChI is InChI=1S/C17H20N2O4/c1-22-12-13-6-7-16(23-13)17(21)19-10-8-18(9-11-19)14-4-2-3-5-15(14)20/h2-7,20H,8-12H2,1H3. The van der Waals surface area contributed by atoms with Crippen LogP contribution < -0.4 is 4.90 Å². The smallest absolute Gasteiger partial charge is 0.289 e. The Hall–Kier alpha value is -2.47. The number of nitrogens with zero attached hydrogens (tertiary/aromatic N) is 2. The number of benzene rings is 1. The molecule has 1 aliphatic rings. The van der Waals surface area contributed by atoms with Crippen LogP contribution in [0.5, 0.6) is 5.75 Å². The molecule has 0 radical (unpaired) electrons. The molecular formula is C17H20N2O4. The Balaban J connectivity index is 1.62. The first-order valence-corrected chi connectivity index (χ1v) is 7.59. The maximum atomic E-state index is 12.5. The Morgan fingerprint density at radius 3 is 2.61 bits per heavy atom. The molecule has 1 aromatic carbocycles. The maximum Gasteiger partial charge on any atom is 0.289 e. The van der Waals surface area contributed by atoms with Crippen LogP contribution in [0.4, 0.5) is 5.69 Å². The molecule has 122 valence electrons. The second-order valence-corrected chi connectivity index (χ2v) is 5.47. The Morgan fingerprint density at radius 1 is 1.17 bits per heavy atom. The molecule has 0 saturated carbocycles. The lowest BCUT2D eigenvalue weighted by molar-refractivity contribution is 0.0707. The Bertz CT molecular complexity index is 675. The molecule has 2 aromatic rings. The first kappa shape index (κ1) is 15.4. The van der Waals surface area contributed by atoms with E-state index < -0.39 is 0 Å². The Morgan fingerprint density at radius 2 is 1.91 bits per heavy atom. The molecule has 0 spiro atoms. The third kappa shape index (κ3) is 3.32.